The summed E-state index contributed by atoms with van der Waals surface area (Å²) in [5.41, 5.74) is 0.654. The summed E-state index contributed by atoms with van der Waals surface area (Å²) in [5, 5.41) is 5.00. The Kier molecular flexibility index (Phi) is 4.01. The normalized spacial score (nSPS) is 11.9. The van der Waals surface area contributed by atoms with E-state index in [9.17, 15) is 4.79 Å². The minimum absolute atomic E-state index is 0.207. The number of ether oxygens (including phenoxy) is 1. The van der Waals surface area contributed by atoms with E-state index in [4.69, 9.17) is 4.74 Å². The molecule has 1 heterocycles. The molecule has 0 aliphatic heterocycles. The number of fused-ring (bicyclic) bond motifs is 1. The second kappa shape index (κ2) is 6.26. The van der Waals surface area contributed by atoms with E-state index in [1.165, 1.54) is 0 Å². The number of anilines is 1. The lowest BCUT2D eigenvalue weighted by atomic mass is 10.1. The van der Waals surface area contributed by atoms with Gasteiger partial charge >= 0.3 is 0 Å². The second-order valence-electron chi connectivity index (χ2n) is 5.00. The van der Waals surface area contributed by atoms with Crippen LogP contribution in [0.4, 0.5) is 5.69 Å². The van der Waals surface area contributed by atoms with E-state index < -0.39 is 6.10 Å². The molecule has 4 heteroatoms. The molecule has 22 heavy (non-hydrogen) atoms. The Morgan fingerprint density at radius 2 is 1.91 bits per heavy atom. The molecule has 0 saturated heterocycles. The number of carbonyl (C=O) groups is 1. The Labute approximate surface area is 128 Å². The maximum Gasteiger partial charge on any atom is 0.265 e. The summed E-state index contributed by atoms with van der Waals surface area (Å²) < 4.78 is 5.72. The van der Waals surface area contributed by atoms with Gasteiger partial charge in [-0.25, -0.2) is 0 Å². The third kappa shape index (κ3) is 3.23. The van der Waals surface area contributed by atoms with E-state index >= 15 is 0 Å². The summed E-state index contributed by atoms with van der Waals surface area (Å²) in [6.45, 7) is 1.72. The number of amides is 1. The summed E-state index contributed by atoms with van der Waals surface area (Å²) in [6.07, 6.45) is 2.66. The molecule has 1 amide bonds. The first-order valence-corrected chi connectivity index (χ1v) is 7.09. The van der Waals surface area contributed by atoms with Crippen LogP contribution in [0.1, 0.15) is 6.92 Å². The van der Waals surface area contributed by atoms with Crippen molar-refractivity contribution in [2.24, 2.45) is 0 Å². The summed E-state index contributed by atoms with van der Waals surface area (Å²) in [6, 6.07) is 17.4. The molecule has 0 aliphatic rings. The van der Waals surface area contributed by atoms with Crippen molar-refractivity contribution in [3.05, 3.63) is 67.0 Å². The smallest absolute Gasteiger partial charge is 0.265 e. The molecule has 2 aromatic carbocycles. The van der Waals surface area contributed by atoms with Crippen LogP contribution in [-0.2, 0) is 4.79 Å². The van der Waals surface area contributed by atoms with Crippen LogP contribution in [0.3, 0.4) is 0 Å². The molecular formula is C18H16N2O2. The molecule has 1 N–H and O–H groups in total. The van der Waals surface area contributed by atoms with Crippen molar-refractivity contribution in [2.75, 3.05) is 5.32 Å². The van der Waals surface area contributed by atoms with E-state index in [2.05, 4.69) is 10.3 Å². The Morgan fingerprint density at radius 1 is 1.09 bits per heavy atom. The van der Waals surface area contributed by atoms with E-state index in [0.717, 1.165) is 10.8 Å². The van der Waals surface area contributed by atoms with E-state index in [1.807, 2.05) is 42.5 Å². The fourth-order valence-corrected chi connectivity index (χ4v) is 2.18. The van der Waals surface area contributed by atoms with Gasteiger partial charge in [0.25, 0.3) is 5.91 Å². The average Bonchev–Trinajstić information content (AvgIpc) is 2.55. The zero-order valence-corrected chi connectivity index (χ0v) is 12.2. The van der Waals surface area contributed by atoms with Gasteiger partial charge in [-0.3, -0.25) is 9.78 Å². The first-order chi connectivity index (χ1) is 10.7. The highest BCUT2D eigenvalue weighted by Crippen LogP contribution is 2.21. The van der Waals surface area contributed by atoms with Crippen molar-refractivity contribution in [3.8, 4) is 5.75 Å². The van der Waals surface area contributed by atoms with Crippen molar-refractivity contribution in [1.29, 1.82) is 0 Å². The predicted molar refractivity (Wildman–Crippen MR) is 86.9 cm³/mol. The molecule has 0 radical (unpaired) electrons. The third-order valence-electron chi connectivity index (χ3n) is 3.33. The Balaban J connectivity index is 1.69. The first kappa shape index (κ1) is 14.1. The lowest BCUT2D eigenvalue weighted by molar-refractivity contribution is -0.122. The number of benzene rings is 2. The van der Waals surface area contributed by atoms with Gasteiger partial charge in [0.15, 0.2) is 6.10 Å². The lowest BCUT2D eigenvalue weighted by Gasteiger charge is -2.15. The molecule has 1 aromatic heterocycles. The molecule has 0 unspecified atom stereocenters. The minimum atomic E-state index is -0.596. The molecule has 4 nitrogen and oxygen atoms in total. The molecule has 0 spiro atoms. The number of hydrogen-bond acceptors (Lipinski definition) is 3. The van der Waals surface area contributed by atoms with Gasteiger partial charge < -0.3 is 10.1 Å². The number of rotatable bonds is 4. The van der Waals surface area contributed by atoms with Crippen LogP contribution in [0.5, 0.6) is 5.75 Å². The molecule has 0 aliphatic carbocycles. The highest BCUT2D eigenvalue weighted by molar-refractivity contribution is 5.94. The van der Waals surface area contributed by atoms with E-state index in [-0.39, 0.29) is 5.91 Å². The first-order valence-electron chi connectivity index (χ1n) is 7.09. The zero-order valence-electron chi connectivity index (χ0n) is 12.2. The number of nitrogens with zero attached hydrogens (tertiary/aromatic N) is 1. The molecule has 3 aromatic rings. The second-order valence-corrected chi connectivity index (χ2v) is 5.00. The van der Waals surface area contributed by atoms with Gasteiger partial charge in [0.2, 0.25) is 0 Å². The van der Waals surface area contributed by atoms with Gasteiger partial charge in [-0.05, 0) is 42.0 Å². The molecule has 1 atom stereocenters. The Bertz CT molecular complexity index is 787. The zero-order chi connectivity index (χ0) is 15.4. The Morgan fingerprint density at radius 3 is 2.68 bits per heavy atom. The van der Waals surface area contributed by atoms with Gasteiger partial charge in [0.1, 0.15) is 5.75 Å². The van der Waals surface area contributed by atoms with Crippen molar-refractivity contribution in [2.45, 2.75) is 13.0 Å². The third-order valence-corrected chi connectivity index (χ3v) is 3.33. The summed E-state index contributed by atoms with van der Waals surface area (Å²) in [7, 11) is 0. The monoisotopic (exact) mass is 292 g/mol. The SMILES string of the molecule is C[C@@H](Oc1ccc2ccccc2c1)C(=O)Nc1cccnc1. The van der Waals surface area contributed by atoms with Crippen molar-refractivity contribution >= 4 is 22.4 Å². The minimum Gasteiger partial charge on any atom is -0.481 e. The lowest BCUT2D eigenvalue weighted by Crippen LogP contribution is -2.30. The molecule has 0 bridgehead atoms. The van der Waals surface area contributed by atoms with Crippen LogP contribution in [0.2, 0.25) is 0 Å². The van der Waals surface area contributed by atoms with Gasteiger partial charge in [0.05, 0.1) is 11.9 Å². The summed E-state index contributed by atoms with van der Waals surface area (Å²) >= 11 is 0. The quantitative estimate of drug-likeness (QED) is 0.798. The number of aromatic nitrogens is 1. The van der Waals surface area contributed by atoms with Crippen LogP contribution in [0.25, 0.3) is 10.8 Å². The molecule has 110 valence electrons. The highest BCUT2D eigenvalue weighted by atomic mass is 16.5. The molecule has 0 fully saturated rings. The van der Waals surface area contributed by atoms with Gasteiger partial charge in [-0.2, -0.15) is 0 Å². The van der Waals surface area contributed by atoms with Crippen LogP contribution in [0, 0.1) is 0 Å². The summed E-state index contributed by atoms with van der Waals surface area (Å²) in [4.78, 5) is 16.1. The summed E-state index contributed by atoms with van der Waals surface area (Å²) in [5.74, 6) is 0.466. The van der Waals surface area contributed by atoms with Crippen molar-refractivity contribution in [3.63, 3.8) is 0 Å². The number of hydrogen-bond donors (Lipinski definition) is 1. The maximum absolute atomic E-state index is 12.1. The molecular weight excluding hydrogens is 276 g/mol. The Hall–Kier alpha value is -2.88. The molecule has 0 saturated carbocycles. The van der Waals surface area contributed by atoms with Gasteiger partial charge in [0, 0.05) is 6.20 Å². The van der Waals surface area contributed by atoms with Crippen LogP contribution >= 0.6 is 0 Å². The van der Waals surface area contributed by atoms with Crippen LogP contribution < -0.4 is 10.1 Å². The highest BCUT2D eigenvalue weighted by Gasteiger charge is 2.15. The fourth-order valence-electron chi connectivity index (χ4n) is 2.18. The standard InChI is InChI=1S/C18H16N2O2/c1-13(18(21)20-16-7-4-10-19-12-16)22-17-9-8-14-5-2-3-6-15(14)11-17/h2-13H,1H3,(H,20,21)/t13-/m1/s1. The number of nitrogens with one attached hydrogen (secondary N) is 1. The number of pyridine rings is 1. The maximum atomic E-state index is 12.1. The predicted octanol–water partition coefficient (Wildman–Crippen LogP) is 3.64. The molecule has 3 rings (SSSR count). The fraction of sp³-hybridized carbons (Fsp3) is 0.111. The number of carbonyl (C=O) groups excluding carboxylic acids is 1. The van der Waals surface area contributed by atoms with E-state index in [1.54, 1.807) is 31.5 Å². The van der Waals surface area contributed by atoms with Gasteiger partial charge in [-0.15, -0.1) is 0 Å². The van der Waals surface area contributed by atoms with Crippen molar-refractivity contribution < 1.29 is 9.53 Å². The van der Waals surface area contributed by atoms with Crippen molar-refractivity contribution in [1.82, 2.24) is 4.98 Å². The average molecular weight is 292 g/mol. The van der Waals surface area contributed by atoms with Gasteiger partial charge in [-0.1, -0.05) is 30.3 Å². The topological polar surface area (TPSA) is 51.2 Å². The largest absolute Gasteiger partial charge is 0.481 e. The van der Waals surface area contributed by atoms with Crippen LogP contribution in [0.15, 0.2) is 67.0 Å². The van der Waals surface area contributed by atoms with Crippen LogP contribution in [-0.4, -0.2) is 17.0 Å². The van der Waals surface area contributed by atoms with E-state index in [0.29, 0.717) is 11.4 Å².